The van der Waals surface area contributed by atoms with Crippen molar-refractivity contribution in [3.05, 3.63) is 18.0 Å². The fourth-order valence-electron chi connectivity index (χ4n) is 1.02. The van der Waals surface area contributed by atoms with E-state index in [2.05, 4.69) is 5.10 Å². The highest BCUT2D eigenvalue weighted by atomic mass is 35.5. The van der Waals surface area contributed by atoms with Crippen molar-refractivity contribution in [3.8, 4) is 0 Å². The maximum atomic E-state index is 5.43. The Morgan fingerprint density at radius 3 is 2.58 bits per heavy atom. The van der Waals surface area contributed by atoms with Crippen molar-refractivity contribution in [2.75, 3.05) is 0 Å². The summed E-state index contributed by atoms with van der Waals surface area (Å²) < 4.78 is 2.02. The molecule has 2 rings (SSSR count). The third kappa shape index (κ3) is 2.37. The number of halogens is 2. The van der Waals surface area contributed by atoms with Crippen LogP contribution < -0.4 is 5.73 Å². The minimum absolute atomic E-state index is 0. The van der Waals surface area contributed by atoms with E-state index in [1.54, 1.807) is 0 Å². The summed E-state index contributed by atoms with van der Waals surface area (Å²) in [7, 11) is 0. The first-order chi connectivity index (χ1) is 4.90. The van der Waals surface area contributed by atoms with Gasteiger partial charge in [0.25, 0.3) is 0 Å². The van der Waals surface area contributed by atoms with Crippen molar-refractivity contribution in [3.63, 3.8) is 0 Å². The molecule has 1 heterocycles. The van der Waals surface area contributed by atoms with Gasteiger partial charge < -0.3 is 5.73 Å². The van der Waals surface area contributed by atoms with Gasteiger partial charge in [-0.3, -0.25) is 4.68 Å². The van der Waals surface area contributed by atoms with E-state index in [-0.39, 0.29) is 24.8 Å². The van der Waals surface area contributed by atoms with E-state index in [4.69, 9.17) is 5.73 Å². The topological polar surface area (TPSA) is 43.8 Å². The zero-order valence-corrected chi connectivity index (χ0v) is 8.27. The maximum absolute atomic E-state index is 5.43. The second kappa shape index (κ2) is 4.70. The van der Waals surface area contributed by atoms with Crippen LogP contribution in [-0.4, -0.2) is 9.78 Å². The Bertz CT molecular complexity index is 232. The van der Waals surface area contributed by atoms with E-state index in [9.17, 15) is 0 Å². The Labute approximate surface area is 84.1 Å². The predicted octanol–water partition coefficient (Wildman–Crippen LogP) is 1.52. The molecule has 0 radical (unpaired) electrons. The Hall–Kier alpha value is -0.250. The number of nitrogens with zero attached hydrogens (tertiary/aromatic N) is 2. The van der Waals surface area contributed by atoms with Crippen LogP contribution in [-0.2, 0) is 6.54 Å². The lowest BCUT2D eigenvalue weighted by Crippen LogP contribution is -1.95. The van der Waals surface area contributed by atoms with Gasteiger partial charge in [-0.25, -0.2) is 0 Å². The Kier molecular flexibility index (Phi) is 4.60. The Morgan fingerprint density at radius 2 is 2.17 bits per heavy atom. The average molecular weight is 210 g/mol. The molecular weight excluding hydrogens is 197 g/mol. The highest BCUT2D eigenvalue weighted by Crippen LogP contribution is 2.33. The van der Waals surface area contributed by atoms with Crippen molar-refractivity contribution < 1.29 is 0 Å². The van der Waals surface area contributed by atoms with Gasteiger partial charge in [-0.2, -0.15) is 5.10 Å². The first kappa shape index (κ1) is 11.8. The lowest BCUT2D eigenvalue weighted by Gasteiger charge is -1.92. The van der Waals surface area contributed by atoms with E-state index >= 15 is 0 Å². The largest absolute Gasteiger partial charge is 0.326 e. The van der Waals surface area contributed by atoms with Crippen molar-refractivity contribution >= 4 is 24.8 Å². The van der Waals surface area contributed by atoms with Crippen LogP contribution in [0.2, 0.25) is 0 Å². The van der Waals surface area contributed by atoms with Gasteiger partial charge in [0.2, 0.25) is 0 Å². The molecule has 1 fully saturated rings. The molecule has 1 aliphatic rings. The van der Waals surface area contributed by atoms with E-state index in [1.807, 2.05) is 17.1 Å². The first-order valence-electron chi connectivity index (χ1n) is 3.63. The molecule has 0 unspecified atom stereocenters. The van der Waals surface area contributed by atoms with Crippen molar-refractivity contribution in [2.45, 2.75) is 25.4 Å². The summed E-state index contributed by atoms with van der Waals surface area (Å²) in [5.41, 5.74) is 6.56. The molecule has 1 aliphatic carbocycles. The molecule has 2 N–H and O–H groups in total. The standard InChI is InChI=1S/C7H11N3.2ClH/c8-3-6-4-9-10(5-6)7-1-2-7;;/h4-5,7H,1-3,8H2;2*1H. The Morgan fingerprint density at radius 1 is 1.50 bits per heavy atom. The lowest BCUT2D eigenvalue weighted by molar-refractivity contribution is 0.641. The quantitative estimate of drug-likeness (QED) is 0.804. The van der Waals surface area contributed by atoms with E-state index in [1.165, 1.54) is 12.8 Å². The van der Waals surface area contributed by atoms with Crippen LogP contribution in [0.4, 0.5) is 0 Å². The van der Waals surface area contributed by atoms with Gasteiger partial charge >= 0.3 is 0 Å². The maximum Gasteiger partial charge on any atom is 0.0534 e. The zero-order valence-electron chi connectivity index (χ0n) is 6.64. The fourth-order valence-corrected chi connectivity index (χ4v) is 1.02. The summed E-state index contributed by atoms with van der Waals surface area (Å²) in [4.78, 5) is 0. The SMILES string of the molecule is Cl.Cl.NCc1cnn(C2CC2)c1. The number of rotatable bonds is 2. The monoisotopic (exact) mass is 209 g/mol. The van der Waals surface area contributed by atoms with E-state index < -0.39 is 0 Å². The van der Waals surface area contributed by atoms with Gasteiger partial charge in [-0.1, -0.05) is 0 Å². The molecule has 0 spiro atoms. The van der Waals surface area contributed by atoms with Gasteiger partial charge in [0.1, 0.15) is 0 Å². The molecule has 1 saturated carbocycles. The summed E-state index contributed by atoms with van der Waals surface area (Å²) in [5.74, 6) is 0. The van der Waals surface area contributed by atoms with Crippen LogP contribution >= 0.6 is 24.8 Å². The molecule has 0 aliphatic heterocycles. The molecule has 0 bridgehead atoms. The zero-order chi connectivity index (χ0) is 6.97. The molecule has 1 aromatic rings. The summed E-state index contributed by atoms with van der Waals surface area (Å²) in [6.07, 6.45) is 6.45. The van der Waals surface area contributed by atoms with Crippen LogP contribution in [0.5, 0.6) is 0 Å². The Balaban J connectivity index is 0.000000605. The third-order valence-corrected chi connectivity index (χ3v) is 1.81. The third-order valence-electron chi connectivity index (χ3n) is 1.81. The van der Waals surface area contributed by atoms with Gasteiger partial charge in [0, 0.05) is 18.3 Å². The van der Waals surface area contributed by atoms with E-state index in [0.29, 0.717) is 12.6 Å². The molecule has 0 atom stereocenters. The lowest BCUT2D eigenvalue weighted by atomic mass is 10.4. The van der Waals surface area contributed by atoms with Crippen LogP contribution in [0, 0.1) is 0 Å². The molecule has 12 heavy (non-hydrogen) atoms. The van der Waals surface area contributed by atoms with Crippen molar-refractivity contribution in [1.29, 1.82) is 0 Å². The molecule has 0 saturated heterocycles. The summed E-state index contributed by atoms with van der Waals surface area (Å²) >= 11 is 0. The summed E-state index contributed by atoms with van der Waals surface area (Å²) in [5, 5.41) is 4.19. The van der Waals surface area contributed by atoms with Crippen molar-refractivity contribution in [1.82, 2.24) is 9.78 Å². The summed E-state index contributed by atoms with van der Waals surface area (Å²) in [6.45, 7) is 0.604. The number of aromatic nitrogens is 2. The van der Waals surface area contributed by atoms with Gasteiger partial charge in [0.05, 0.1) is 12.2 Å². The molecule has 70 valence electrons. The highest BCUT2D eigenvalue weighted by Gasteiger charge is 2.23. The molecule has 1 aromatic heterocycles. The smallest absolute Gasteiger partial charge is 0.0534 e. The predicted molar refractivity (Wildman–Crippen MR) is 52.9 cm³/mol. The minimum Gasteiger partial charge on any atom is -0.326 e. The molecule has 3 nitrogen and oxygen atoms in total. The van der Waals surface area contributed by atoms with Gasteiger partial charge in [-0.05, 0) is 12.8 Å². The number of hydrogen-bond donors (Lipinski definition) is 1. The number of nitrogens with two attached hydrogens (primary N) is 1. The van der Waals surface area contributed by atoms with Crippen LogP contribution in [0.1, 0.15) is 24.4 Å². The number of hydrogen-bond acceptors (Lipinski definition) is 2. The van der Waals surface area contributed by atoms with Crippen LogP contribution in [0.3, 0.4) is 0 Å². The highest BCUT2D eigenvalue weighted by molar-refractivity contribution is 5.85. The first-order valence-corrected chi connectivity index (χ1v) is 3.63. The minimum atomic E-state index is 0. The summed E-state index contributed by atoms with van der Waals surface area (Å²) in [6, 6.07) is 0.681. The van der Waals surface area contributed by atoms with Gasteiger partial charge in [-0.15, -0.1) is 24.8 Å². The normalized spacial score (nSPS) is 14.8. The average Bonchev–Trinajstić information content (AvgIpc) is 2.70. The second-order valence-corrected chi connectivity index (χ2v) is 2.76. The van der Waals surface area contributed by atoms with E-state index in [0.717, 1.165) is 5.56 Å². The molecule has 0 aromatic carbocycles. The van der Waals surface area contributed by atoms with Gasteiger partial charge in [0.15, 0.2) is 0 Å². The second-order valence-electron chi connectivity index (χ2n) is 2.76. The molecule has 0 amide bonds. The van der Waals surface area contributed by atoms with Crippen LogP contribution in [0.25, 0.3) is 0 Å². The molecular formula is C7H13Cl2N3. The van der Waals surface area contributed by atoms with Crippen molar-refractivity contribution in [2.24, 2.45) is 5.73 Å². The fraction of sp³-hybridized carbons (Fsp3) is 0.571. The molecule has 5 heteroatoms. The van der Waals surface area contributed by atoms with Crippen LogP contribution in [0.15, 0.2) is 12.4 Å².